The van der Waals surface area contributed by atoms with Crippen molar-refractivity contribution < 1.29 is 24.2 Å². The summed E-state index contributed by atoms with van der Waals surface area (Å²) in [7, 11) is 3.06. The molecule has 1 aromatic rings. The lowest BCUT2D eigenvalue weighted by atomic mass is 9.97. The number of aliphatic carboxylic acids is 1. The van der Waals surface area contributed by atoms with Gasteiger partial charge in [0, 0.05) is 20.1 Å². The fourth-order valence-electron chi connectivity index (χ4n) is 2.78. The molecule has 1 saturated heterocycles. The Morgan fingerprint density at radius 3 is 2.46 bits per heavy atom. The second kappa shape index (κ2) is 7.81. The van der Waals surface area contributed by atoms with Gasteiger partial charge in [-0.25, -0.2) is 0 Å². The van der Waals surface area contributed by atoms with Crippen molar-refractivity contribution >= 4 is 17.8 Å². The van der Waals surface area contributed by atoms with Crippen molar-refractivity contribution in [2.45, 2.75) is 12.8 Å². The molecule has 1 heterocycles. The molecule has 2 rings (SSSR count). The van der Waals surface area contributed by atoms with Crippen molar-refractivity contribution in [3.63, 3.8) is 0 Å². The Morgan fingerprint density at radius 1 is 1.25 bits per heavy atom. The maximum atomic E-state index is 12.5. The van der Waals surface area contributed by atoms with Crippen LogP contribution in [0.15, 0.2) is 24.3 Å². The number of carboxylic acids is 1. The molecule has 0 bridgehead atoms. The van der Waals surface area contributed by atoms with Crippen LogP contribution in [0, 0.1) is 5.92 Å². The minimum absolute atomic E-state index is 0.0470. The fraction of sp³-hybridized carbons (Fsp3) is 0.471. The summed E-state index contributed by atoms with van der Waals surface area (Å²) in [4.78, 5) is 38.7. The number of nitrogens with zero attached hydrogens (tertiary/aromatic N) is 2. The Bertz CT molecular complexity index is 623. The van der Waals surface area contributed by atoms with Gasteiger partial charge in [0.05, 0.1) is 25.1 Å². The molecule has 0 unspecified atom stereocenters. The number of para-hydroxylation sites is 1. The van der Waals surface area contributed by atoms with Gasteiger partial charge < -0.3 is 19.6 Å². The molecule has 0 atom stereocenters. The molecule has 1 aliphatic heterocycles. The first-order valence-corrected chi connectivity index (χ1v) is 7.83. The molecule has 130 valence electrons. The number of likely N-dealkylation sites (tertiary alicyclic amines) is 1. The highest BCUT2D eigenvalue weighted by Crippen LogP contribution is 2.20. The average molecular weight is 334 g/mol. The number of hydrogen-bond acceptors (Lipinski definition) is 4. The lowest BCUT2D eigenvalue weighted by Crippen LogP contribution is -2.45. The number of carbonyl (C=O) groups excluding carboxylic acids is 2. The second-order valence-corrected chi connectivity index (χ2v) is 5.85. The van der Waals surface area contributed by atoms with Gasteiger partial charge >= 0.3 is 5.97 Å². The van der Waals surface area contributed by atoms with Crippen LogP contribution in [0.1, 0.15) is 23.2 Å². The zero-order chi connectivity index (χ0) is 17.7. The van der Waals surface area contributed by atoms with E-state index in [-0.39, 0.29) is 24.3 Å². The highest BCUT2D eigenvalue weighted by Gasteiger charge is 2.28. The first-order valence-electron chi connectivity index (χ1n) is 7.83. The van der Waals surface area contributed by atoms with E-state index in [2.05, 4.69) is 0 Å². The van der Waals surface area contributed by atoms with Crippen LogP contribution in [-0.2, 0) is 9.59 Å². The van der Waals surface area contributed by atoms with Crippen LogP contribution >= 0.6 is 0 Å². The zero-order valence-corrected chi connectivity index (χ0v) is 13.9. The second-order valence-electron chi connectivity index (χ2n) is 5.85. The number of likely N-dealkylation sites (N-methyl/N-ethyl adjacent to an activating group) is 1. The quantitative estimate of drug-likeness (QED) is 0.871. The van der Waals surface area contributed by atoms with Gasteiger partial charge in [-0.15, -0.1) is 0 Å². The molecule has 0 aromatic heterocycles. The molecule has 0 aliphatic carbocycles. The van der Waals surface area contributed by atoms with E-state index in [9.17, 15) is 14.4 Å². The normalized spacial score (nSPS) is 15.0. The lowest BCUT2D eigenvalue weighted by Gasteiger charge is -2.31. The van der Waals surface area contributed by atoms with Crippen molar-refractivity contribution in [1.82, 2.24) is 9.80 Å². The smallest absolute Gasteiger partial charge is 0.306 e. The van der Waals surface area contributed by atoms with Gasteiger partial charge in [0.15, 0.2) is 0 Å². The molecule has 0 radical (unpaired) electrons. The monoisotopic (exact) mass is 334 g/mol. The minimum Gasteiger partial charge on any atom is -0.496 e. The number of piperidine rings is 1. The van der Waals surface area contributed by atoms with Gasteiger partial charge in [0.1, 0.15) is 5.75 Å². The third kappa shape index (κ3) is 4.04. The Balaban J connectivity index is 1.94. The molecule has 24 heavy (non-hydrogen) atoms. The summed E-state index contributed by atoms with van der Waals surface area (Å²) in [5.74, 6) is -1.21. The fourth-order valence-corrected chi connectivity index (χ4v) is 2.78. The lowest BCUT2D eigenvalue weighted by molar-refractivity contribution is -0.145. The van der Waals surface area contributed by atoms with Crippen molar-refractivity contribution in [1.29, 1.82) is 0 Å². The Morgan fingerprint density at radius 2 is 1.88 bits per heavy atom. The van der Waals surface area contributed by atoms with Crippen LogP contribution in [0.4, 0.5) is 0 Å². The molecular weight excluding hydrogens is 312 g/mol. The number of hydrogen-bond donors (Lipinski definition) is 1. The molecule has 2 amide bonds. The van der Waals surface area contributed by atoms with Gasteiger partial charge in [0.2, 0.25) is 5.91 Å². The number of ether oxygens (including phenoxy) is 1. The topological polar surface area (TPSA) is 87.2 Å². The van der Waals surface area contributed by atoms with E-state index in [1.54, 1.807) is 36.2 Å². The third-order valence-electron chi connectivity index (χ3n) is 4.25. The molecule has 1 N–H and O–H groups in total. The van der Waals surface area contributed by atoms with Crippen molar-refractivity contribution in [2.24, 2.45) is 5.92 Å². The van der Waals surface area contributed by atoms with Crippen molar-refractivity contribution in [3.05, 3.63) is 29.8 Å². The molecule has 1 fully saturated rings. The van der Waals surface area contributed by atoms with E-state index in [1.807, 2.05) is 0 Å². The van der Waals surface area contributed by atoms with E-state index in [4.69, 9.17) is 9.84 Å². The van der Waals surface area contributed by atoms with Crippen LogP contribution in [0.3, 0.4) is 0 Å². The molecular formula is C17H22N2O5. The van der Waals surface area contributed by atoms with Crippen molar-refractivity contribution in [2.75, 3.05) is 33.8 Å². The van der Waals surface area contributed by atoms with Crippen LogP contribution < -0.4 is 4.74 Å². The summed E-state index contributed by atoms with van der Waals surface area (Å²) in [5.41, 5.74) is 0.403. The maximum Gasteiger partial charge on any atom is 0.306 e. The van der Waals surface area contributed by atoms with Crippen LogP contribution in [0.2, 0.25) is 0 Å². The third-order valence-corrected chi connectivity index (χ3v) is 4.25. The number of carbonyl (C=O) groups is 3. The van der Waals surface area contributed by atoms with Crippen LogP contribution in [0.25, 0.3) is 0 Å². The Labute approximate surface area is 140 Å². The minimum atomic E-state index is -0.814. The van der Waals surface area contributed by atoms with Gasteiger partial charge in [0.25, 0.3) is 5.91 Å². The van der Waals surface area contributed by atoms with E-state index in [0.717, 1.165) is 0 Å². The summed E-state index contributed by atoms with van der Waals surface area (Å²) in [6.07, 6.45) is 0.899. The zero-order valence-electron chi connectivity index (χ0n) is 13.9. The number of methoxy groups -OCH3 is 1. The SMILES string of the molecule is COc1ccccc1C(=O)N(C)CC(=O)N1CCC(C(=O)O)CC1. The van der Waals surface area contributed by atoms with E-state index in [1.165, 1.54) is 12.0 Å². The number of rotatable bonds is 5. The summed E-state index contributed by atoms with van der Waals surface area (Å²) in [5, 5.41) is 8.99. The Kier molecular flexibility index (Phi) is 5.78. The van der Waals surface area contributed by atoms with E-state index < -0.39 is 5.97 Å². The Hall–Kier alpha value is -2.57. The largest absolute Gasteiger partial charge is 0.496 e. The molecule has 1 aromatic carbocycles. The predicted molar refractivity (Wildman–Crippen MR) is 86.9 cm³/mol. The van der Waals surface area contributed by atoms with E-state index in [0.29, 0.717) is 37.2 Å². The molecule has 0 saturated carbocycles. The number of carboxylic acid groups (broad SMARTS) is 1. The highest BCUT2D eigenvalue weighted by molar-refractivity contribution is 5.98. The van der Waals surface area contributed by atoms with Crippen LogP contribution in [-0.4, -0.2) is 66.5 Å². The summed E-state index contributed by atoms with van der Waals surface area (Å²) in [6.45, 7) is 0.771. The number of amides is 2. The first-order chi connectivity index (χ1) is 11.4. The van der Waals surface area contributed by atoms with E-state index >= 15 is 0 Å². The molecule has 7 nitrogen and oxygen atoms in total. The summed E-state index contributed by atoms with van der Waals surface area (Å²) in [6, 6.07) is 6.86. The first kappa shape index (κ1) is 17.8. The van der Waals surface area contributed by atoms with Crippen molar-refractivity contribution in [3.8, 4) is 5.75 Å². The van der Waals surface area contributed by atoms with Gasteiger partial charge in [-0.2, -0.15) is 0 Å². The summed E-state index contributed by atoms with van der Waals surface area (Å²) >= 11 is 0. The molecule has 0 spiro atoms. The average Bonchev–Trinajstić information content (AvgIpc) is 2.60. The molecule has 7 heteroatoms. The predicted octanol–water partition coefficient (Wildman–Crippen LogP) is 1.09. The molecule has 1 aliphatic rings. The number of benzene rings is 1. The standard InChI is InChI=1S/C17H22N2O5/c1-18(16(21)13-5-3-4-6-14(13)24-2)11-15(20)19-9-7-12(8-10-19)17(22)23/h3-6,12H,7-11H2,1-2H3,(H,22,23). The van der Waals surface area contributed by atoms with Gasteiger partial charge in [-0.3, -0.25) is 14.4 Å². The highest BCUT2D eigenvalue weighted by atomic mass is 16.5. The maximum absolute atomic E-state index is 12.5. The summed E-state index contributed by atoms with van der Waals surface area (Å²) < 4.78 is 5.17. The van der Waals surface area contributed by atoms with Gasteiger partial charge in [-0.05, 0) is 25.0 Å². The van der Waals surface area contributed by atoms with Gasteiger partial charge in [-0.1, -0.05) is 12.1 Å². The van der Waals surface area contributed by atoms with Crippen LogP contribution in [0.5, 0.6) is 5.75 Å².